The summed E-state index contributed by atoms with van der Waals surface area (Å²) in [6.45, 7) is 3.35. The number of nitrogens with zero attached hydrogens (tertiary/aromatic N) is 1. The van der Waals surface area contributed by atoms with Gasteiger partial charge in [0.1, 0.15) is 0 Å². The Hall–Kier alpha value is -2.17. The minimum absolute atomic E-state index is 0.0734. The third kappa shape index (κ3) is 7.96. The molecule has 134 valence electrons. The van der Waals surface area contributed by atoms with Crippen molar-refractivity contribution >= 4 is 5.91 Å². The molecule has 0 bridgehead atoms. The zero-order chi connectivity index (χ0) is 17.7. The highest BCUT2D eigenvalue weighted by molar-refractivity contribution is 5.77. The second kappa shape index (κ2) is 11.4. The summed E-state index contributed by atoms with van der Waals surface area (Å²) in [7, 11) is 1.70. The lowest BCUT2D eigenvalue weighted by Crippen LogP contribution is -2.37. The van der Waals surface area contributed by atoms with Crippen LogP contribution in [0.4, 0.5) is 0 Å². The van der Waals surface area contributed by atoms with E-state index in [4.69, 9.17) is 4.74 Å². The first kappa shape index (κ1) is 19.2. The third-order valence-electron chi connectivity index (χ3n) is 3.96. The van der Waals surface area contributed by atoms with Crippen LogP contribution in [-0.2, 0) is 22.6 Å². The van der Waals surface area contributed by atoms with Crippen molar-refractivity contribution in [3.63, 3.8) is 0 Å². The molecule has 1 N–H and O–H groups in total. The van der Waals surface area contributed by atoms with Gasteiger partial charge in [0.2, 0.25) is 5.91 Å². The molecule has 1 amide bonds. The molecule has 0 saturated carbocycles. The number of unbranched alkanes of at least 4 members (excludes halogenated alkanes) is 1. The van der Waals surface area contributed by atoms with Crippen molar-refractivity contribution in [2.24, 2.45) is 0 Å². The molecule has 0 aromatic heterocycles. The number of hydrogen-bond acceptors (Lipinski definition) is 3. The molecule has 2 aromatic carbocycles. The summed E-state index contributed by atoms with van der Waals surface area (Å²) in [5.41, 5.74) is 2.43. The van der Waals surface area contributed by atoms with Gasteiger partial charge in [-0.1, -0.05) is 60.7 Å². The minimum atomic E-state index is 0.0734. The van der Waals surface area contributed by atoms with E-state index >= 15 is 0 Å². The molecule has 0 atom stereocenters. The summed E-state index contributed by atoms with van der Waals surface area (Å²) >= 11 is 0. The van der Waals surface area contributed by atoms with E-state index in [-0.39, 0.29) is 5.91 Å². The second-order valence-corrected chi connectivity index (χ2v) is 6.17. The molecule has 0 fully saturated rings. The quantitative estimate of drug-likeness (QED) is 0.639. The average Bonchev–Trinajstić information content (AvgIpc) is 2.63. The van der Waals surface area contributed by atoms with Crippen LogP contribution in [0.2, 0.25) is 0 Å². The number of benzene rings is 2. The van der Waals surface area contributed by atoms with Gasteiger partial charge in [0.05, 0.1) is 6.54 Å². The summed E-state index contributed by atoms with van der Waals surface area (Å²) in [6.07, 6.45) is 1.91. The molecule has 2 aromatic rings. The summed E-state index contributed by atoms with van der Waals surface area (Å²) in [5.74, 6) is 0.0734. The van der Waals surface area contributed by atoms with Crippen LogP contribution in [0.5, 0.6) is 0 Å². The Morgan fingerprint density at radius 3 is 2.00 bits per heavy atom. The first-order valence-corrected chi connectivity index (χ1v) is 8.84. The normalized spacial score (nSPS) is 10.8. The molecular weight excluding hydrogens is 312 g/mol. The summed E-state index contributed by atoms with van der Waals surface area (Å²) in [6, 6.07) is 20.5. The van der Waals surface area contributed by atoms with Crippen molar-refractivity contribution < 1.29 is 9.53 Å². The molecule has 0 radical (unpaired) electrons. The van der Waals surface area contributed by atoms with Crippen molar-refractivity contribution in [1.82, 2.24) is 10.2 Å². The maximum Gasteiger partial charge on any atom is 0.234 e. The Bertz CT molecular complexity index is 560. The fraction of sp³-hybridized carbons (Fsp3) is 0.381. The van der Waals surface area contributed by atoms with Crippen LogP contribution < -0.4 is 5.32 Å². The van der Waals surface area contributed by atoms with Crippen LogP contribution in [0, 0.1) is 0 Å². The molecule has 4 nitrogen and oxygen atoms in total. The molecule has 0 unspecified atom stereocenters. The van der Waals surface area contributed by atoms with Crippen molar-refractivity contribution in [1.29, 1.82) is 0 Å². The van der Waals surface area contributed by atoms with Crippen molar-refractivity contribution in [2.75, 3.05) is 26.8 Å². The first-order chi connectivity index (χ1) is 12.3. The maximum absolute atomic E-state index is 12.3. The highest BCUT2D eigenvalue weighted by atomic mass is 16.5. The molecule has 0 saturated heterocycles. The van der Waals surface area contributed by atoms with E-state index in [1.54, 1.807) is 7.11 Å². The predicted molar refractivity (Wildman–Crippen MR) is 101 cm³/mol. The Balaban J connectivity index is 1.88. The molecule has 0 aliphatic carbocycles. The summed E-state index contributed by atoms with van der Waals surface area (Å²) in [5, 5.41) is 3.01. The van der Waals surface area contributed by atoms with Gasteiger partial charge in [-0.15, -0.1) is 0 Å². The fourth-order valence-corrected chi connectivity index (χ4v) is 2.71. The van der Waals surface area contributed by atoms with Crippen molar-refractivity contribution in [3.8, 4) is 0 Å². The lowest BCUT2D eigenvalue weighted by Gasteiger charge is -2.22. The van der Waals surface area contributed by atoms with Crippen molar-refractivity contribution in [3.05, 3.63) is 71.8 Å². The molecule has 0 spiro atoms. The monoisotopic (exact) mass is 340 g/mol. The van der Waals surface area contributed by atoms with Gasteiger partial charge in [0.15, 0.2) is 0 Å². The number of rotatable bonds is 11. The van der Waals surface area contributed by atoms with Crippen LogP contribution >= 0.6 is 0 Å². The number of carbonyl (C=O) groups is 1. The summed E-state index contributed by atoms with van der Waals surface area (Å²) in [4.78, 5) is 14.5. The lowest BCUT2D eigenvalue weighted by atomic mass is 10.1. The highest BCUT2D eigenvalue weighted by Crippen LogP contribution is 2.09. The van der Waals surface area contributed by atoms with Gasteiger partial charge in [0, 0.05) is 33.4 Å². The Kier molecular flexibility index (Phi) is 8.73. The number of carbonyl (C=O) groups excluding carboxylic acids is 1. The van der Waals surface area contributed by atoms with Crippen LogP contribution in [0.1, 0.15) is 24.0 Å². The largest absolute Gasteiger partial charge is 0.385 e. The topological polar surface area (TPSA) is 41.6 Å². The van der Waals surface area contributed by atoms with Crippen LogP contribution in [-0.4, -0.2) is 37.6 Å². The van der Waals surface area contributed by atoms with E-state index in [2.05, 4.69) is 34.5 Å². The van der Waals surface area contributed by atoms with Crippen LogP contribution in [0.15, 0.2) is 60.7 Å². The zero-order valence-corrected chi connectivity index (χ0v) is 15.0. The van der Waals surface area contributed by atoms with Gasteiger partial charge in [-0.25, -0.2) is 0 Å². The predicted octanol–water partition coefficient (Wildman–Crippen LogP) is 3.23. The smallest absolute Gasteiger partial charge is 0.234 e. The average molecular weight is 340 g/mol. The standard InChI is InChI=1S/C21H28N2O2/c1-25-15-9-8-14-22-21(24)18-23(16-19-10-4-2-5-11-19)17-20-12-6-3-7-13-20/h2-7,10-13H,8-9,14-18H2,1H3,(H,22,24). The number of amides is 1. The van der Waals surface area contributed by atoms with E-state index in [1.807, 2.05) is 36.4 Å². The molecular formula is C21H28N2O2. The van der Waals surface area contributed by atoms with Gasteiger partial charge in [-0.05, 0) is 24.0 Å². The minimum Gasteiger partial charge on any atom is -0.385 e. The summed E-state index contributed by atoms with van der Waals surface area (Å²) < 4.78 is 5.03. The van der Waals surface area contributed by atoms with Crippen LogP contribution in [0.3, 0.4) is 0 Å². The van der Waals surface area contributed by atoms with Gasteiger partial charge in [-0.3, -0.25) is 9.69 Å². The third-order valence-corrected chi connectivity index (χ3v) is 3.96. The molecule has 0 aliphatic rings. The Labute approximate surface area is 150 Å². The van der Waals surface area contributed by atoms with E-state index in [1.165, 1.54) is 11.1 Å². The van der Waals surface area contributed by atoms with E-state index < -0.39 is 0 Å². The van der Waals surface area contributed by atoms with Crippen LogP contribution in [0.25, 0.3) is 0 Å². The van der Waals surface area contributed by atoms with Gasteiger partial charge < -0.3 is 10.1 Å². The SMILES string of the molecule is COCCCCNC(=O)CN(Cc1ccccc1)Cc1ccccc1. The first-order valence-electron chi connectivity index (χ1n) is 8.84. The molecule has 0 heterocycles. The maximum atomic E-state index is 12.3. The fourth-order valence-electron chi connectivity index (χ4n) is 2.71. The number of methoxy groups -OCH3 is 1. The van der Waals surface area contributed by atoms with E-state index in [0.29, 0.717) is 13.1 Å². The van der Waals surface area contributed by atoms with E-state index in [0.717, 1.165) is 32.5 Å². The highest BCUT2D eigenvalue weighted by Gasteiger charge is 2.12. The molecule has 4 heteroatoms. The lowest BCUT2D eigenvalue weighted by molar-refractivity contribution is -0.122. The number of ether oxygens (including phenoxy) is 1. The van der Waals surface area contributed by atoms with Gasteiger partial charge in [-0.2, -0.15) is 0 Å². The molecule has 0 aliphatic heterocycles. The Morgan fingerprint density at radius 1 is 0.920 bits per heavy atom. The van der Waals surface area contributed by atoms with Gasteiger partial charge in [0.25, 0.3) is 0 Å². The number of hydrogen-bond donors (Lipinski definition) is 1. The Morgan fingerprint density at radius 2 is 1.48 bits per heavy atom. The second-order valence-electron chi connectivity index (χ2n) is 6.17. The van der Waals surface area contributed by atoms with E-state index in [9.17, 15) is 4.79 Å². The molecule has 2 rings (SSSR count). The molecule has 25 heavy (non-hydrogen) atoms. The van der Waals surface area contributed by atoms with Gasteiger partial charge >= 0.3 is 0 Å². The van der Waals surface area contributed by atoms with Crippen molar-refractivity contribution in [2.45, 2.75) is 25.9 Å². The zero-order valence-electron chi connectivity index (χ0n) is 15.0. The number of nitrogens with one attached hydrogen (secondary N) is 1.